The van der Waals surface area contributed by atoms with Gasteiger partial charge in [0, 0.05) is 35.8 Å². The number of halogens is 2. The Hall–Kier alpha value is -3.61. The molecule has 0 fully saturated rings. The molecule has 162 valence electrons. The molecular formula is C25H22F2N4O. The minimum atomic E-state index is -0.594. The summed E-state index contributed by atoms with van der Waals surface area (Å²) in [4.78, 5) is 14.8. The molecule has 1 aliphatic rings. The van der Waals surface area contributed by atoms with Gasteiger partial charge in [0.05, 0.1) is 18.4 Å². The van der Waals surface area contributed by atoms with E-state index < -0.39 is 11.6 Å². The minimum absolute atomic E-state index is 0.0773. The maximum Gasteiger partial charge on any atom is 0.178 e. The molecule has 0 unspecified atom stereocenters. The number of ether oxygens (including phenoxy) is 1. The maximum atomic E-state index is 14.9. The van der Waals surface area contributed by atoms with Crippen LogP contribution in [0.15, 0.2) is 55.0 Å². The van der Waals surface area contributed by atoms with Crippen molar-refractivity contribution in [2.24, 2.45) is 0 Å². The first-order valence-electron chi connectivity index (χ1n) is 10.6. The molecule has 0 N–H and O–H groups in total. The van der Waals surface area contributed by atoms with Crippen LogP contribution in [-0.2, 0) is 6.42 Å². The molecule has 0 saturated heterocycles. The van der Waals surface area contributed by atoms with Crippen LogP contribution >= 0.6 is 0 Å². The highest BCUT2D eigenvalue weighted by molar-refractivity contribution is 5.82. The Bertz CT molecular complexity index is 1310. The average molecular weight is 432 g/mol. The summed E-state index contributed by atoms with van der Waals surface area (Å²) in [6.45, 7) is 5.11. The van der Waals surface area contributed by atoms with Gasteiger partial charge in [0.1, 0.15) is 18.1 Å². The summed E-state index contributed by atoms with van der Waals surface area (Å²) in [5, 5.41) is 2.10. The van der Waals surface area contributed by atoms with Crippen molar-refractivity contribution >= 4 is 16.5 Å². The second-order valence-electron chi connectivity index (χ2n) is 8.16. The first-order chi connectivity index (χ1) is 15.5. The second-order valence-corrected chi connectivity index (χ2v) is 8.16. The highest BCUT2D eigenvalue weighted by Gasteiger charge is 2.25. The lowest BCUT2D eigenvalue weighted by Gasteiger charge is -2.34. The number of hydrogen-bond acceptors (Lipinski definition) is 5. The fraction of sp³-hybridized carbons (Fsp3) is 0.240. The van der Waals surface area contributed by atoms with Crippen LogP contribution in [0.1, 0.15) is 25.2 Å². The van der Waals surface area contributed by atoms with Crippen molar-refractivity contribution in [1.82, 2.24) is 15.0 Å². The van der Waals surface area contributed by atoms with E-state index in [0.717, 1.165) is 22.5 Å². The quantitative estimate of drug-likeness (QED) is 0.445. The standard InChI is InChI=1S/C25H22F2N4O/c1-15(2)31-7-8-32-25-20(26)11-18(12-22(25)31)24-21(27)14-29-23(30-24)10-16-3-4-17-5-6-28-13-19(17)9-16/h3-6,9,11-15H,7-8,10H2,1-2H3. The number of fused-ring (bicyclic) bond motifs is 2. The third-order valence-electron chi connectivity index (χ3n) is 5.67. The van der Waals surface area contributed by atoms with Gasteiger partial charge in [-0.25, -0.2) is 18.7 Å². The van der Waals surface area contributed by atoms with Crippen molar-refractivity contribution in [3.05, 3.63) is 78.0 Å². The van der Waals surface area contributed by atoms with E-state index in [0.29, 0.717) is 36.6 Å². The number of anilines is 1. The lowest BCUT2D eigenvalue weighted by atomic mass is 10.1. The Morgan fingerprint density at radius 2 is 1.91 bits per heavy atom. The van der Waals surface area contributed by atoms with E-state index in [1.165, 1.54) is 6.07 Å². The molecule has 0 radical (unpaired) electrons. The molecule has 0 aliphatic carbocycles. The predicted octanol–water partition coefficient (Wildman–Crippen LogP) is 5.17. The highest BCUT2D eigenvalue weighted by atomic mass is 19.1. The lowest BCUT2D eigenvalue weighted by Crippen LogP contribution is -2.38. The fourth-order valence-electron chi connectivity index (χ4n) is 4.09. The zero-order valence-corrected chi connectivity index (χ0v) is 17.8. The molecule has 5 rings (SSSR count). The largest absolute Gasteiger partial charge is 0.486 e. The van der Waals surface area contributed by atoms with E-state index in [9.17, 15) is 8.78 Å². The van der Waals surface area contributed by atoms with Gasteiger partial charge in [-0.2, -0.15) is 0 Å². The molecule has 0 spiro atoms. The monoisotopic (exact) mass is 432 g/mol. The van der Waals surface area contributed by atoms with Gasteiger partial charge in [-0.05, 0) is 49.1 Å². The predicted molar refractivity (Wildman–Crippen MR) is 120 cm³/mol. The van der Waals surface area contributed by atoms with Crippen LogP contribution in [0.3, 0.4) is 0 Å². The van der Waals surface area contributed by atoms with Crippen molar-refractivity contribution in [2.75, 3.05) is 18.1 Å². The van der Waals surface area contributed by atoms with Crippen LogP contribution in [0.25, 0.3) is 22.0 Å². The third kappa shape index (κ3) is 3.75. The van der Waals surface area contributed by atoms with Gasteiger partial charge in [-0.1, -0.05) is 12.1 Å². The smallest absolute Gasteiger partial charge is 0.178 e. The molecule has 1 aliphatic heterocycles. The minimum Gasteiger partial charge on any atom is -0.486 e. The Labute approximate surface area is 184 Å². The van der Waals surface area contributed by atoms with Crippen LogP contribution in [0.2, 0.25) is 0 Å². The summed E-state index contributed by atoms with van der Waals surface area (Å²) in [5.41, 5.74) is 2.04. The average Bonchev–Trinajstić information content (AvgIpc) is 2.79. The van der Waals surface area contributed by atoms with Crippen molar-refractivity contribution in [1.29, 1.82) is 0 Å². The molecule has 2 aromatic heterocycles. The fourth-order valence-corrected chi connectivity index (χ4v) is 4.09. The number of pyridine rings is 1. The Kier molecular flexibility index (Phi) is 5.17. The van der Waals surface area contributed by atoms with Crippen LogP contribution in [0.5, 0.6) is 5.75 Å². The number of rotatable bonds is 4. The number of aromatic nitrogens is 3. The van der Waals surface area contributed by atoms with Crippen molar-refractivity contribution < 1.29 is 13.5 Å². The van der Waals surface area contributed by atoms with Crippen LogP contribution < -0.4 is 9.64 Å². The van der Waals surface area contributed by atoms with Gasteiger partial charge in [0.25, 0.3) is 0 Å². The van der Waals surface area contributed by atoms with Crippen LogP contribution in [0, 0.1) is 11.6 Å². The van der Waals surface area contributed by atoms with Crippen molar-refractivity contribution in [3.8, 4) is 17.0 Å². The van der Waals surface area contributed by atoms with E-state index in [2.05, 4.69) is 19.9 Å². The molecule has 0 atom stereocenters. The Morgan fingerprint density at radius 3 is 2.75 bits per heavy atom. The molecule has 2 aromatic carbocycles. The third-order valence-corrected chi connectivity index (χ3v) is 5.67. The van der Waals surface area contributed by atoms with Gasteiger partial charge in [0.2, 0.25) is 0 Å². The topological polar surface area (TPSA) is 51.1 Å². The van der Waals surface area contributed by atoms with Crippen molar-refractivity contribution in [3.63, 3.8) is 0 Å². The van der Waals surface area contributed by atoms with Crippen LogP contribution in [-0.4, -0.2) is 34.1 Å². The molecule has 3 heterocycles. The van der Waals surface area contributed by atoms with E-state index in [1.807, 2.05) is 38.1 Å². The van der Waals surface area contributed by atoms with Gasteiger partial charge in [-0.3, -0.25) is 4.98 Å². The molecule has 4 aromatic rings. The zero-order valence-electron chi connectivity index (χ0n) is 17.8. The van der Waals surface area contributed by atoms with E-state index in [-0.39, 0.29) is 17.5 Å². The molecule has 0 bridgehead atoms. The molecule has 0 amide bonds. The highest BCUT2D eigenvalue weighted by Crippen LogP contribution is 2.39. The van der Waals surface area contributed by atoms with Gasteiger partial charge in [-0.15, -0.1) is 0 Å². The summed E-state index contributed by atoms with van der Waals surface area (Å²) in [6, 6.07) is 11.1. The zero-order chi connectivity index (χ0) is 22.2. The van der Waals surface area contributed by atoms with E-state index in [1.54, 1.807) is 18.5 Å². The summed E-state index contributed by atoms with van der Waals surface area (Å²) in [5.74, 6) is -0.457. The summed E-state index contributed by atoms with van der Waals surface area (Å²) in [7, 11) is 0. The molecular weight excluding hydrogens is 410 g/mol. The van der Waals surface area contributed by atoms with Gasteiger partial charge >= 0.3 is 0 Å². The SMILES string of the molecule is CC(C)N1CCOc2c(F)cc(-c3nc(Cc4ccc5ccncc5c4)ncc3F)cc21. The van der Waals surface area contributed by atoms with E-state index in [4.69, 9.17) is 4.74 Å². The Balaban J connectivity index is 1.52. The summed E-state index contributed by atoms with van der Waals surface area (Å²) >= 11 is 0. The lowest BCUT2D eigenvalue weighted by molar-refractivity contribution is 0.287. The van der Waals surface area contributed by atoms with Crippen molar-refractivity contribution in [2.45, 2.75) is 26.3 Å². The number of benzene rings is 2. The normalized spacial score (nSPS) is 13.3. The second kappa shape index (κ2) is 8.15. The summed E-state index contributed by atoms with van der Waals surface area (Å²) in [6.07, 6.45) is 5.12. The molecule has 0 saturated carbocycles. The maximum absolute atomic E-state index is 14.9. The molecule has 32 heavy (non-hydrogen) atoms. The van der Waals surface area contributed by atoms with E-state index >= 15 is 0 Å². The summed E-state index contributed by atoms with van der Waals surface area (Å²) < 4.78 is 35.1. The van der Waals surface area contributed by atoms with Gasteiger partial charge in [0.15, 0.2) is 17.4 Å². The first-order valence-corrected chi connectivity index (χ1v) is 10.6. The number of hydrogen-bond donors (Lipinski definition) is 0. The molecule has 7 heteroatoms. The Morgan fingerprint density at radius 1 is 1.03 bits per heavy atom. The van der Waals surface area contributed by atoms with Crippen LogP contribution in [0.4, 0.5) is 14.5 Å². The first kappa shape index (κ1) is 20.3. The van der Waals surface area contributed by atoms with Gasteiger partial charge < -0.3 is 9.64 Å². The number of nitrogens with zero attached hydrogens (tertiary/aromatic N) is 4. The molecule has 5 nitrogen and oxygen atoms in total.